The summed E-state index contributed by atoms with van der Waals surface area (Å²) in [5, 5.41) is 26.1. The molecule has 10 nitrogen and oxygen atoms in total. The van der Waals surface area contributed by atoms with E-state index < -0.39 is 32.7 Å². The normalized spacial score (nSPS) is 10.4. The maximum absolute atomic E-state index is 11.5. The van der Waals surface area contributed by atoms with Crippen molar-refractivity contribution in [1.29, 1.82) is 0 Å². The van der Waals surface area contributed by atoms with Gasteiger partial charge in [-0.3, -0.25) is 25.0 Å². The lowest BCUT2D eigenvalue weighted by Crippen LogP contribution is -2.24. The number of hydrogen-bond acceptors (Lipinski definition) is 7. The largest absolute Gasteiger partial charge is 0.371 e. The molecule has 1 amide bonds. The third-order valence-electron chi connectivity index (χ3n) is 4.02. The molecule has 0 saturated heterocycles. The van der Waals surface area contributed by atoms with Crippen molar-refractivity contribution in [3.8, 4) is 0 Å². The summed E-state index contributed by atoms with van der Waals surface area (Å²) in [6.45, 7) is 3.66. The molecule has 3 N–H and O–H groups in total. The van der Waals surface area contributed by atoms with Crippen molar-refractivity contribution in [3.63, 3.8) is 0 Å². The molecule has 148 valence electrons. The summed E-state index contributed by atoms with van der Waals surface area (Å²) in [5.41, 5.74) is 4.96. The second-order valence-electron chi connectivity index (χ2n) is 5.71. The van der Waals surface area contributed by atoms with Crippen LogP contribution in [0.1, 0.15) is 17.3 Å². The molecule has 0 atom stereocenters. The van der Waals surface area contributed by atoms with Crippen LogP contribution in [0.4, 0.5) is 28.4 Å². The Labute approximate surface area is 168 Å². The van der Waals surface area contributed by atoms with Gasteiger partial charge in [-0.05, 0) is 37.3 Å². The molecule has 11 heteroatoms. The lowest BCUT2D eigenvalue weighted by atomic mass is 10.1. The monoisotopic (exact) mass is 451 g/mol. The number of halogens is 1. The fourth-order valence-corrected chi connectivity index (χ4v) is 3.09. The summed E-state index contributed by atoms with van der Waals surface area (Å²) in [5.74, 6) is -1.05. The molecule has 0 heterocycles. The first kappa shape index (κ1) is 21.1. The number of primary amides is 1. The molecular weight excluding hydrogens is 434 g/mol. The van der Waals surface area contributed by atoms with Gasteiger partial charge in [-0.2, -0.15) is 0 Å². The number of hydrogen-bond donors (Lipinski definition) is 2. The van der Waals surface area contributed by atoms with Crippen molar-refractivity contribution in [2.75, 3.05) is 28.6 Å². The number of carbonyl (C=O) groups excluding carboxylic acids is 1. The first-order valence-electron chi connectivity index (χ1n) is 8.23. The van der Waals surface area contributed by atoms with Crippen molar-refractivity contribution in [2.45, 2.75) is 6.92 Å². The number of amides is 1. The molecule has 0 bridgehead atoms. The topological polar surface area (TPSA) is 145 Å². The van der Waals surface area contributed by atoms with Crippen LogP contribution in [0.2, 0.25) is 0 Å². The van der Waals surface area contributed by atoms with Crippen LogP contribution in [0.15, 0.2) is 36.4 Å². The molecule has 0 aliphatic rings. The Morgan fingerprint density at radius 3 is 2.21 bits per heavy atom. The fourth-order valence-electron chi connectivity index (χ4n) is 2.66. The number of carbonyl (C=O) groups is 1. The zero-order chi connectivity index (χ0) is 20.8. The van der Waals surface area contributed by atoms with Gasteiger partial charge in [-0.15, -0.1) is 0 Å². The third-order valence-corrected chi connectivity index (χ3v) is 4.38. The maximum Gasteiger partial charge on any atom is 0.299 e. The fraction of sp³-hybridized carbons (Fsp3) is 0.235. The van der Waals surface area contributed by atoms with Crippen LogP contribution in [0, 0.1) is 20.2 Å². The van der Waals surface area contributed by atoms with Gasteiger partial charge in [0.15, 0.2) is 0 Å². The minimum atomic E-state index is -1.05. The predicted octanol–water partition coefficient (Wildman–Crippen LogP) is 3.57. The highest BCUT2D eigenvalue weighted by atomic mass is 79.9. The summed E-state index contributed by atoms with van der Waals surface area (Å²) < 4.78 is 0. The van der Waals surface area contributed by atoms with E-state index in [0.29, 0.717) is 5.69 Å². The van der Waals surface area contributed by atoms with Crippen molar-refractivity contribution in [1.82, 2.24) is 0 Å². The lowest BCUT2D eigenvalue weighted by molar-refractivity contribution is -0.393. The van der Waals surface area contributed by atoms with Crippen molar-refractivity contribution in [3.05, 3.63) is 62.2 Å². The number of nitrogens with one attached hydrogen (secondary N) is 1. The first-order chi connectivity index (χ1) is 13.3. The van der Waals surface area contributed by atoms with Gasteiger partial charge in [0.1, 0.15) is 11.3 Å². The molecule has 0 aromatic heterocycles. The Balaban J connectivity index is 2.42. The zero-order valence-corrected chi connectivity index (χ0v) is 16.5. The van der Waals surface area contributed by atoms with E-state index in [-0.39, 0.29) is 5.69 Å². The number of nitrogens with two attached hydrogens (primary N) is 1. The highest BCUT2D eigenvalue weighted by molar-refractivity contribution is 9.09. The number of benzene rings is 2. The van der Waals surface area contributed by atoms with Gasteiger partial charge >= 0.3 is 0 Å². The first-order valence-corrected chi connectivity index (χ1v) is 9.35. The zero-order valence-electron chi connectivity index (χ0n) is 14.9. The Morgan fingerprint density at radius 1 is 1.14 bits per heavy atom. The van der Waals surface area contributed by atoms with E-state index in [2.05, 4.69) is 26.1 Å². The molecule has 0 radical (unpaired) electrons. The standard InChI is InChI=1S/C17H18BrN5O5/c1-2-21(8-7-18)12-5-3-11(4-6-12)20-14-9-13(17(19)24)15(22(25)26)10-16(14)23(27)28/h3-6,9-10,20H,2,7-8H2,1H3,(H2,19,24). The van der Waals surface area contributed by atoms with Crippen LogP contribution in [-0.4, -0.2) is 34.2 Å². The number of nitrogens with zero attached hydrogens (tertiary/aromatic N) is 3. The maximum atomic E-state index is 11.5. The molecule has 0 spiro atoms. The number of nitro benzene ring substituents is 2. The SMILES string of the molecule is CCN(CCBr)c1ccc(Nc2cc(C(N)=O)c([N+](=O)[O-])cc2[N+](=O)[O-])cc1. The molecule has 0 unspecified atom stereocenters. The van der Waals surface area contributed by atoms with E-state index in [1.54, 1.807) is 12.1 Å². The lowest BCUT2D eigenvalue weighted by Gasteiger charge is -2.22. The molecule has 2 aromatic rings. The van der Waals surface area contributed by atoms with Gasteiger partial charge in [0.05, 0.1) is 15.9 Å². The van der Waals surface area contributed by atoms with Crippen LogP contribution in [0.3, 0.4) is 0 Å². The summed E-state index contributed by atoms with van der Waals surface area (Å²) in [7, 11) is 0. The predicted molar refractivity (Wildman–Crippen MR) is 110 cm³/mol. The van der Waals surface area contributed by atoms with E-state index in [1.807, 2.05) is 19.1 Å². The Hall–Kier alpha value is -3.21. The van der Waals surface area contributed by atoms with E-state index >= 15 is 0 Å². The molecule has 0 fully saturated rings. The summed E-state index contributed by atoms with van der Waals surface area (Å²) in [6.07, 6.45) is 0. The van der Waals surface area contributed by atoms with Crippen molar-refractivity contribution in [2.24, 2.45) is 5.73 Å². The van der Waals surface area contributed by atoms with Gasteiger partial charge in [-0.25, -0.2) is 0 Å². The highest BCUT2D eigenvalue weighted by Crippen LogP contribution is 2.34. The summed E-state index contributed by atoms with van der Waals surface area (Å²) >= 11 is 3.40. The molecular formula is C17H18BrN5O5. The number of anilines is 3. The Morgan fingerprint density at radius 2 is 1.75 bits per heavy atom. The quantitative estimate of drug-likeness (QED) is 0.336. The van der Waals surface area contributed by atoms with Gasteiger partial charge in [0, 0.05) is 29.8 Å². The van der Waals surface area contributed by atoms with Gasteiger partial charge in [0.25, 0.3) is 17.3 Å². The molecule has 28 heavy (non-hydrogen) atoms. The van der Waals surface area contributed by atoms with Gasteiger partial charge in [0.2, 0.25) is 0 Å². The van der Waals surface area contributed by atoms with E-state index in [0.717, 1.165) is 36.2 Å². The van der Waals surface area contributed by atoms with Crippen molar-refractivity contribution < 1.29 is 14.6 Å². The minimum Gasteiger partial charge on any atom is -0.371 e. The molecule has 2 aromatic carbocycles. The third kappa shape index (κ3) is 4.74. The minimum absolute atomic E-state index is 0.0649. The van der Waals surface area contributed by atoms with Crippen LogP contribution < -0.4 is 16.0 Å². The highest BCUT2D eigenvalue weighted by Gasteiger charge is 2.27. The molecule has 0 saturated carbocycles. The van der Waals surface area contributed by atoms with E-state index in [9.17, 15) is 25.0 Å². The average molecular weight is 452 g/mol. The number of nitro groups is 2. The van der Waals surface area contributed by atoms with Crippen LogP contribution in [0.5, 0.6) is 0 Å². The number of rotatable bonds is 9. The second-order valence-corrected chi connectivity index (χ2v) is 6.50. The van der Waals surface area contributed by atoms with Crippen LogP contribution >= 0.6 is 15.9 Å². The van der Waals surface area contributed by atoms with Crippen molar-refractivity contribution >= 4 is 50.3 Å². The summed E-state index contributed by atoms with van der Waals surface area (Å²) in [6, 6.07) is 8.89. The van der Waals surface area contributed by atoms with E-state index in [4.69, 9.17) is 5.73 Å². The molecule has 0 aliphatic carbocycles. The van der Waals surface area contributed by atoms with Gasteiger partial charge < -0.3 is 16.0 Å². The number of alkyl halides is 1. The molecule has 2 rings (SSSR count). The smallest absolute Gasteiger partial charge is 0.299 e. The molecule has 0 aliphatic heterocycles. The van der Waals surface area contributed by atoms with Crippen LogP contribution in [0.25, 0.3) is 0 Å². The Kier molecular flexibility index (Phi) is 6.88. The Bertz CT molecular complexity index is 904. The summed E-state index contributed by atoms with van der Waals surface area (Å²) in [4.78, 5) is 34.5. The van der Waals surface area contributed by atoms with Crippen LogP contribution in [-0.2, 0) is 0 Å². The average Bonchev–Trinajstić information content (AvgIpc) is 2.66. The second kappa shape index (κ2) is 9.13. The van der Waals surface area contributed by atoms with E-state index in [1.165, 1.54) is 0 Å². The van der Waals surface area contributed by atoms with Gasteiger partial charge in [-0.1, -0.05) is 15.9 Å².